The van der Waals surface area contributed by atoms with Gasteiger partial charge >= 0.3 is 0 Å². The zero-order chi connectivity index (χ0) is 15.5. The quantitative estimate of drug-likeness (QED) is 0.856. The predicted octanol–water partition coefficient (Wildman–Crippen LogP) is 3.82. The van der Waals surface area contributed by atoms with Gasteiger partial charge in [-0.2, -0.15) is 0 Å². The third kappa shape index (κ3) is 2.81. The van der Waals surface area contributed by atoms with Gasteiger partial charge in [0.2, 0.25) is 0 Å². The fourth-order valence-electron chi connectivity index (χ4n) is 3.18. The molecule has 2 aromatic carbocycles. The van der Waals surface area contributed by atoms with E-state index < -0.39 is 0 Å². The molecule has 1 aliphatic rings. The van der Waals surface area contributed by atoms with Crippen molar-refractivity contribution in [2.45, 2.75) is 25.9 Å². The van der Waals surface area contributed by atoms with Crippen LogP contribution in [0.5, 0.6) is 11.5 Å². The van der Waals surface area contributed by atoms with Crippen molar-refractivity contribution < 1.29 is 9.47 Å². The molecule has 0 aliphatic carbocycles. The van der Waals surface area contributed by atoms with Crippen molar-refractivity contribution in [3.05, 3.63) is 59.2 Å². The molecule has 0 bridgehead atoms. The van der Waals surface area contributed by atoms with Gasteiger partial charge in [0.25, 0.3) is 0 Å². The summed E-state index contributed by atoms with van der Waals surface area (Å²) in [6.45, 7) is 4.30. The minimum atomic E-state index is 0.419. The highest BCUT2D eigenvalue weighted by molar-refractivity contribution is 5.48. The molecule has 3 nitrogen and oxygen atoms in total. The monoisotopic (exact) mass is 297 g/mol. The molecule has 3 rings (SSSR count). The standard InChI is InChI=1S/C19H23NO2/c1-14(15-7-5-4-6-8-15)20-10-9-16-11-18(21-2)19(22-3)12-17(16)13-20/h4-8,11-12,14H,9-10,13H2,1-3H3. The lowest BCUT2D eigenvalue weighted by atomic mass is 9.96. The maximum absolute atomic E-state index is 5.44. The van der Waals surface area contributed by atoms with Gasteiger partial charge < -0.3 is 9.47 Å². The fourth-order valence-corrected chi connectivity index (χ4v) is 3.18. The topological polar surface area (TPSA) is 21.7 Å². The number of hydrogen-bond donors (Lipinski definition) is 0. The van der Waals surface area contributed by atoms with Gasteiger partial charge in [-0.15, -0.1) is 0 Å². The normalized spacial score (nSPS) is 16.0. The first-order valence-electron chi connectivity index (χ1n) is 7.75. The Labute approximate surface area is 132 Å². The molecule has 0 spiro atoms. The van der Waals surface area contributed by atoms with Crippen LogP contribution in [0.25, 0.3) is 0 Å². The summed E-state index contributed by atoms with van der Waals surface area (Å²) >= 11 is 0. The average Bonchev–Trinajstić information content (AvgIpc) is 2.60. The Bertz CT molecular complexity index is 639. The number of methoxy groups -OCH3 is 2. The summed E-state index contributed by atoms with van der Waals surface area (Å²) in [5.41, 5.74) is 4.08. The Morgan fingerprint density at radius 3 is 2.23 bits per heavy atom. The molecular formula is C19H23NO2. The van der Waals surface area contributed by atoms with E-state index in [-0.39, 0.29) is 0 Å². The minimum Gasteiger partial charge on any atom is -0.493 e. The van der Waals surface area contributed by atoms with Crippen molar-refractivity contribution in [2.75, 3.05) is 20.8 Å². The minimum absolute atomic E-state index is 0.419. The predicted molar refractivity (Wildman–Crippen MR) is 88.5 cm³/mol. The van der Waals surface area contributed by atoms with Crippen molar-refractivity contribution in [2.24, 2.45) is 0 Å². The molecule has 116 valence electrons. The Morgan fingerprint density at radius 1 is 0.955 bits per heavy atom. The molecule has 0 fully saturated rings. The number of benzene rings is 2. The van der Waals surface area contributed by atoms with Crippen molar-refractivity contribution in [3.8, 4) is 11.5 Å². The molecule has 0 saturated carbocycles. The molecule has 1 atom stereocenters. The second-order valence-corrected chi connectivity index (χ2v) is 5.78. The van der Waals surface area contributed by atoms with Crippen LogP contribution in [0.2, 0.25) is 0 Å². The summed E-state index contributed by atoms with van der Waals surface area (Å²) in [5.74, 6) is 1.64. The van der Waals surface area contributed by atoms with Crippen molar-refractivity contribution in [1.29, 1.82) is 0 Å². The highest BCUT2D eigenvalue weighted by Gasteiger charge is 2.23. The molecular weight excluding hydrogens is 274 g/mol. The van der Waals surface area contributed by atoms with Crippen LogP contribution in [-0.2, 0) is 13.0 Å². The number of rotatable bonds is 4. The molecule has 1 aliphatic heterocycles. The lowest BCUT2D eigenvalue weighted by Gasteiger charge is -2.34. The maximum atomic E-state index is 5.44. The molecule has 1 unspecified atom stereocenters. The van der Waals surface area contributed by atoms with Crippen LogP contribution in [0.15, 0.2) is 42.5 Å². The lowest BCUT2D eigenvalue weighted by Crippen LogP contribution is -2.32. The summed E-state index contributed by atoms with van der Waals surface area (Å²) < 4.78 is 10.8. The van der Waals surface area contributed by atoms with Crippen molar-refractivity contribution >= 4 is 0 Å². The smallest absolute Gasteiger partial charge is 0.161 e. The lowest BCUT2D eigenvalue weighted by molar-refractivity contribution is 0.191. The SMILES string of the molecule is COc1cc2c(cc1OC)CN(C(C)c1ccccc1)CC2. The molecule has 0 aromatic heterocycles. The first-order chi connectivity index (χ1) is 10.7. The summed E-state index contributed by atoms with van der Waals surface area (Å²) in [6.07, 6.45) is 1.05. The van der Waals surface area contributed by atoms with E-state index >= 15 is 0 Å². The van der Waals surface area contributed by atoms with Crippen molar-refractivity contribution in [1.82, 2.24) is 4.90 Å². The highest BCUT2D eigenvalue weighted by atomic mass is 16.5. The zero-order valence-corrected chi connectivity index (χ0v) is 13.5. The van der Waals surface area contributed by atoms with Gasteiger partial charge in [-0.25, -0.2) is 0 Å². The van der Waals surface area contributed by atoms with Gasteiger partial charge in [0.15, 0.2) is 11.5 Å². The van der Waals surface area contributed by atoms with Gasteiger partial charge in [-0.05, 0) is 42.2 Å². The molecule has 0 N–H and O–H groups in total. The number of hydrogen-bond acceptors (Lipinski definition) is 3. The number of ether oxygens (including phenoxy) is 2. The summed E-state index contributed by atoms with van der Waals surface area (Å²) in [4.78, 5) is 2.52. The Kier molecular flexibility index (Phi) is 4.34. The second-order valence-electron chi connectivity index (χ2n) is 5.78. The van der Waals surface area contributed by atoms with E-state index in [1.165, 1.54) is 16.7 Å². The van der Waals surface area contributed by atoms with Crippen LogP contribution in [0.1, 0.15) is 29.7 Å². The summed E-state index contributed by atoms with van der Waals surface area (Å²) in [7, 11) is 3.38. The number of fused-ring (bicyclic) bond motifs is 1. The zero-order valence-electron chi connectivity index (χ0n) is 13.5. The third-order valence-corrected chi connectivity index (χ3v) is 4.58. The first kappa shape index (κ1) is 14.9. The number of nitrogens with zero attached hydrogens (tertiary/aromatic N) is 1. The summed E-state index contributed by atoms with van der Waals surface area (Å²) in [5, 5.41) is 0. The van der Waals surface area contributed by atoms with E-state index in [1.54, 1.807) is 14.2 Å². The van der Waals surface area contributed by atoms with E-state index in [9.17, 15) is 0 Å². The molecule has 3 heteroatoms. The molecule has 22 heavy (non-hydrogen) atoms. The fraction of sp³-hybridized carbons (Fsp3) is 0.368. The van der Waals surface area contributed by atoms with E-state index in [4.69, 9.17) is 9.47 Å². The van der Waals surface area contributed by atoms with Crippen molar-refractivity contribution in [3.63, 3.8) is 0 Å². The van der Waals surface area contributed by atoms with Gasteiger partial charge in [-0.3, -0.25) is 4.90 Å². The summed E-state index contributed by atoms with van der Waals surface area (Å²) in [6, 6.07) is 15.4. The molecule has 2 aromatic rings. The first-order valence-corrected chi connectivity index (χ1v) is 7.75. The van der Waals surface area contributed by atoms with E-state index in [0.29, 0.717) is 6.04 Å². The highest BCUT2D eigenvalue weighted by Crippen LogP contribution is 2.35. The van der Waals surface area contributed by atoms with E-state index in [1.807, 2.05) is 0 Å². The van der Waals surface area contributed by atoms with Crippen LogP contribution in [-0.4, -0.2) is 25.7 Å². The van der Waals surface area contributed by atoms with Crippen LogP contribution in [0.4, 0.5) is 0 Å². The van der Waals surface area contributed by atoms with Gasteiger partial charge in [0.1, 0.15) is 0 Å². The Hall–Kier alpha value is -2.00. The van der Waals surface area contributed by atoms with Gasteiger partial charge in [0, 0.05) is 19.1 Å². The average molecular weight is 297 g/mol. The van der Waals surface area contributed by atoms with Crippen LogP contribution in [0.3, 0.4) is 0 Å². The third-order valence-electron chi connectivity index (χ3n) is 4.58. The van der Waals surface area contributed by atoms with Gasteiger partial charge in [-0.1, -0.05) is 30.3 Å². The van der Waals surface area contributed by atoms with E-state index in [2.05, 4.69) is 54.3 Å². The van der Waals surface area contributed by atoms with Crippen LogP contribution >= 0.6 is 0 Å². The van der Waals surface area contributed by atoms with Crippen LogP contribution < -0.4 is 9.47 Å². The molecule has 0 amide bonds. The Balaban J connectivity index is 1.84. The molecule has 1 heterocycles. The van der Waals surface area contributed by atoms with Gasteiger partial charge in [0.05, 0.1) is 14.2 Å². The Morgan fingerprint density at radius 2 is 1.59 bits per heavy atom. The molecule has 0 radical (unpaired) electrons. The molecule has 0 saturated heterocycles. The maximum Gasteiger partial charge on any atom is 0.161 e. The van der Waals surface area contributed by atoms with E-state index in [0.717, 1.165) is 31.0 Å². The largest absolute Gasteiger partial charge is 0.493 e. The second kappa shape index (κ2) is 6.41. The van der Waals surface area contributed by atoms with Crippen LogP contribution in [0, 0.1) is 0 Å².